The fraction of sp³-hybridized carbons (Fsp3) is 0.500. The van der Waals surface area contributed by atoms with E-state index in [0.717, 1.165) is 19.3 Å². The van der Waals surface area contributed by atoms with E-state index in [0.29, 0.717) is 23.8 Å². The average Bonchev–Trinajstić information content (AvgIpc) is 2.39. The molecule has 0 aliphatic heterocycles. The first-order valence-corrected chi connectivity index (χ1v) is 5.70. The number of ether oxygens (including phenoxy) is 2. The molecule has 1 atom stereocenters. The average molecular weight is 235 g/mol. The standard InChI is InChI=1S/C12H17N3O2/c1-16-10-8-11(17-2)15-12(14-10)13-9-6-4-3-5-7-9/h3-4,8-9H,5-7H2,1-2H3,(H,13,14,15). The van der Waals surface area contributed by atoms with Crippen LogP contribution < -0.4 is 14.8 Å². The number of nitrogens with one attached hydrogen (secondary N) is 1. The van der Waals surface area contributed by atoms with E-state index in [2.05, 4.69) is 27.4 Å². The van der Waals surface area contributed by atoms with Crippen molar-refractivity contribution in [2.75, 3.05) is 19.5 Å². The molecule has 1 aromatic rings. The molecule has 1 aromatic heterocycles. The predicted octanol–water partition coefficient (Wildman–Crippen LogP) is 2.01. The van der Waals surface area contributed by atoms with Crippen molar-refractivity contribution in [3.05, 3.63) is 18.2 Å². The Bertz CT molecular complexity index is 384. The molecule has 5 heteroatoms. The van der Waals surface area contributed by atoms with Gasteiger partial charge < -0.3 is 14.8 Å². The van der Waals surface area contributed by atoms with Gasteiger partial charge in [0.1, 0.15) is 0 Å². The maximum absolute atomic E-state index is 5.10. The van der Waals surface area contributed by atoms with Crippen LogP contribution in [0.1, 0.15) is 19.3 Å². The van der Waals surface area contributed by atoms with Gasteiger partial charge in [-0.25, -0.2) is 0 Å². The predicted molar refractivity (Wildman–Crippen MR) is 65.5 cm³/mol. The zero-order chi connectivity index (χ0) is 12.1. The molecule has 0 amide bonds. The molecule has 1 aliphatic carbocycles. The lowest BCUT2D eigenvalue weighted by Gasteiger charge is -2.19. The van der Waals surface area contributed by atoms with E-state index in [1.54, 1.807) is 20.3 Å². The van der Waals surface area contributed by atoms with Gasteiger partial charge in [0.2, 0.25) is 17.7 Å². The fourth-order valence-electron chi connectivity index (χ4n) is 1.78. The van der Waals surface area contributed by atoms with Gasteiger partial charge in [-0.2, -0.15) is 9.97 Å². The summed E-state index contributed by atoms with van der Waals surface area (Å²) >= 11 is 0. The SMILES string of the molecule is COc1cc(OC)nc(NC2CC=CCC2)n1. The summed E-state index contributed by atoms with van der Waals surface area (Å²) in [6.07, 6.45) is 7.57. The minimum atomic E-state index is 0.386. The second-order valence-electron chi connectivity index (χ2n) is 3.90. The second kappa shape index (κ2) is 5.52. The van der Waals surface area contributed by atoms with Crippen LogP contribution in [0.2, 0.25) is 0 Å². The van der Waals surface area contributed by atoms with Gasteiger partial charge in [-0.15, -0.1) is 0 Å². The van der Waals surface area contributed by atoms with Crippen molar-refractivity contribution in [2.24, 2.45) is 0 Å². The number of anilines is 1. The topological polar surface area (TPSA) is 56.3 Å². The molecule has 0 spiro atoms. The number of rotatable bonds is 4. The van der Waals surface area contributed by atoms with Gasteiger partial charge >= 0.3 is 0 Å². The van der Waals surface area contributed by atoms with Crippen molar-refractivity contribution in [2.45, 2.75) is 25.3 Å². The smallest absolute Gasteiger partial charge is 0.229 e. The van der Waals surface area contributed by atoms with Crippen LogP contribution in [0.25, 0.3) is 0 Å². The molecule has 17 heavy (non-hydrogen) atoms. The summed E-state index contributed by atoms with van der Waals surface area (Å²) in [4.78, 5) is 8.49. The van der Waals surface area contributed by atoms with Crippen molar-refractivity contribution in [1.82, 2.24) is 9.97 Å². The van der Waals surface area contributed by atoms with Crippen LogP contribution in [0, 0.1) is 0 Å². The van der Waals surface area contributed by atoms with Gasteiger partial charge in [-0.05, 0) is 19.3 Å². The molecular weight excluding hydrogens is 218 g/mol. The number of methoxy groups -OCH3 is 2. The molecule has 1 unspecified atom stereocenters. The molecule has 5 nitrogen and oxygen atoms in total. The minimum absolute atomic E-state index is 0.386. The number of nitrogens with zero attached hydrogens (tertiary/aromatic N) is 2. The van der Waals surface area contributed by atoms with Gasteiger partial charge in [-0.1, -0.05) is 12.2 Å². The Kier molecular flexibility index (Phi) is 3.80. The van der Waals surface area contributed by atoms with Crippen molar-refractivity contribution in [1.29, 1.82) is 0 Å². The number of hydrogen-bond donors (Lipinski definition) is 1. The Labute approximate surface area is 101 Å². The minimum Gasteiger partial charge on any atom is -0.481 e. The number of allylic oxidation sites excluding steroid dienone is 1. The lowest BCUT2D eigenvalue weighted by molar-refractivity contribution is 0.372. The molecule has 1 aliphatic rings. The maximum Gasteiger partial charge on any atom is 0.229 e. The third-order valence-corrected chi connectivity index (χ3v) is 2.70. The Balaban J connectivity index is 2.11. The van der Waals surface area contributed by atoms with Crippen molar-refractivity contribution in [3.8, 4) is 11.8 Å². The quantitative estimate of drug-likeness (QED) is 0.809. The van der Waals surface area contributed by atoms with Gasteiger partial charge in [0.15, 0.2) is 0 Å². The summed E-state index contributed by atoms with van der Waals surface area (Å²) in [6.45, 7) is 0. The molecular formula is C12H17N3O2. The first kappa shape index (κ1) is 11.7. The lowest BCUT2D eigenvalue weighted by Crippen LogP contribution is -2.21. The number of hydrogen-bond acceptors (Lipinski definition) is 5. The highest BCUT2D eigenvalue weighted by molar-refractivity contribution is 5.34. The van der Waals surface area contributed by atoms with Crippen LogP contribution in [0.4, 0.5) is 5.95 Å². The molecule has 0 saturated carbocycles. The van der Waals surface area contributed by atoms with E-state index in [9.17, 15) is 0 Å². The van der Waals surface area contributed by atoms with E-state index in [-0.39, 0.29) is 0 Å². The van der Waals surface area contributed by atoms with Crippen molar-refractivity contribution >= 4 is 5.95 Å². The Morgan fingerprint density at radius 1 is 1.18 bits per heavy atom. The molecule has 1 N–H and O–H groups in total. The molecule has 2 rings (SSSR count). The first-order valence-electron chi connectivity index (χ1n) is 5.70. The van der Waals surface area contributed by atoms with Gasteiger partial charge in [0, 0.05) is 6.04 Å². The highest BCUT2D eigenvalue weighted by Crippen LogP contribution is 2.20. The van der Waals surface area contributed by atoms with Gasteiger partial charge in [0.05, 0.1) is 20.3 Å². The summed E-state index contributed by atoms with van der Waals surface area (Å²) in [6, 6.07) is 2.04. The van der Waals surface area contributed by atoms with Gasteiger partial charge in [-0.3, -0.25) is 0 Å². The molecule has 0 radical (unpaired) electrons. The molecule has 0 bridgehead atoms. The van der Waals surface area contributed by atoms with Crippen LogP contribution >= 0.6 is 0 Å². The molecule has 0 aromatic carbocycles. The van der Waals surface area contributed by atoms with Crippen LogP contribution in [0.3, 0.4) is 0 Å². The summed E-state index contributed by atoms with van der Waals surface area (Å²) in [5, 5.41) is 3.30. The Morgan fingerprint density at radius 3 is 2.41 bits per heavy atom. The van der Waals surface area contributed by atoms with Crippen LogP contribution in [-0.4, -0.2) is 30.2 Å². The lowest BCUT2D eigenvalue weighted by atomic mass is 10.0. The van der Waals surface area contributed by atoms with E-state index in [1.807, 2.05) is 0 Å². The normalized spacial score (nSPS) is 18.8. The van der Waals surface area contributed by atoms with Gasteiger partial charge in [0.25, 0.3) is 0 Å². The fourth-order valence-corrected chi connectivity index (χ4v) is 1.78. The van der Waals surface area contributed by atoms with Crippen LogP contribution in [0.15, 0.2) is 18.2 Å². The largest absolute Gasteiger partial charge is 0.481 e. The number of aromatic nitrogens is 2. The third-order valence-electron chi connectivity index (χ3n) is 2.70. The van der Waals surface area contributed by atoms with Crippen molar-refractivity contribution < 1.29 is 9.47 Å². The second-order valence-corrected chi connectivity index (χ2v) is 3.90. The van der Waals surface area contributed by atoms with E-state index < -0.39 is 0 Å². The molecule has 1 heterocycles. The summed E-state index contributed by atoms with van der Waals surface area (Å²) in [7, 11) is 3.16. The van der Waals surface area contributed by atoms with E-state index in [4.69, 9.17) is 9.47 Å². The Morgan fingerprint density at radius 2 is 1.88 bits per heavy atom. The molecule has 92 valence electrons. The monoisotopic (exact) mass is 235 g/mol. The first-order chi connectivity index (χ1) is 8.31. The summed E-state index contributed by atoms with van der Waals surface area (Å²) in [5.41, 5.74) is 0. The highest BCUT2D eigenvalue weighted by Gasteiger charge is 2.12. The highest BCUT2D eigenvalue weighted by atomic mass is 16.5. The van der Waals surface area contributed by atoms with Crippen molar-refractivity contribution in [3.63, 3.8) is 0 Å². The van der Waals surface area contributed by atoms with Crippen LogP contribution in [0.5, 0.6) is 11.8 Å². The zero-order valence-corrected chi connectivity index (χ0v) is 10.1. The van der Waals surface area contributed by atoms with Crippen LogP contribution in [-0.2, 0) is 0 Å². The third kappa shape index (κ3) is 3.09. The zero-order valence-electron chi connectivity index (χ0n) is 10.1. The van der Waals surface area contributed by atoms with E-state index >= 15 is 0 Å². The maximum atomic E-state index is 5.10. The Hall–Kier alpha value is -1.78. The van der Waals surface area contributed by atoms with E-state index in [1.165, 1.54) is 0 Å². The summed E-state index contributed by atoms with van der Waals surface area (Å²) < 4.78 is 10.2. The summed E-state index contributed by atoms with van der Waals surface area (Å²) in [5.74, 6) is 1.57. The molecule has 0 fully saturated rings. The molecule has 0 saturated heterocycles.